The molecule has 0 N–H and O–H groups in total. The van der Waals surface area contributed by atoms with Gasteiger partial charge in [-0.2, -0.15) is 15.3 Å². The molecule has 0 fully saturated rings. The van der Waals surface area contributed by atoms with E-state index in [1.165, 1.54) is 5.56 Å². The van der Waals surface area contributed by atoms with Crippen molar-refractivity contribution in [1.82, 2.24) is 14.8 Å². The number of aryl methyl sites for hydroxylation is 3. The zero-order chi connectivity index (χ0) is 19.7. The highest BCUT2D eigenvalue weighted by atomic mass is 16.5. The summed E-state index contributed by atoms with van der Waals surface area (Å²) in [4.78, 5) is 4.73. The fourth-order valence-corrected chi connectivity index (χ4v) is 3.30. The van der Waals surface area contributed by atoms with Crippen LogP contribution in [0, 0.1) is 32.1 Å². The van der Waals surface area contributed by atoms with Crippen LogP contribution in [0.4, 0.5) is 0 Å². The Labute approximate surface area is 163 Å². The average Bonchev–Trinajstić information content (AvgIpc) is 3.04. The molecule has 4 aromatic rings. The van der Waals surface area contributed by atoms with Crippen molar-refractivity contribution >= 4 is 11.0 Å². The van der Waals surface area contributed by atoms with Gasteiger partial charge in [-0.25, -0.2) is 4.68 Å². The van der Waals surface area contributed by atoms with Gasteiger partial charge in [-0.05, 0) is 56.2 Å². The number of benzene rings is 2. The normalized spacial score (nSPS) is 10.8. The van der Waals surface area contributed by atoms with Crippen molar-refractivity contribution in [3.8, 4) is 17.6 Å². The van der Waals surface area contributed by atoms with Crippen molar-refractivity contribution in [3.05, 3.63) is 82.5 Å². The Morgan fingerprint density at radius 3 is 2.57 bits per heavy atom. The molecular weight excluding hydrogens is 348 g/mol. The number of fused-ring (bicyclic) bond motifs is 1. The maximum atomic E-state index is 9.05. The van der Waals surface area contributed by atoms with Gasteiger partial charge in [0.2, 0.25) is 5.88 Å². The molecule has 138 valence electrons. The van der Waals surface area contributed by atoms with Gasteiger partial charge in [-0.1, -0.05) is 29.8 Å². The summed E-state index contributed by atoms with van der Waals surface area (Å²) in [6.07, 6.45) is 0. The molecule has 0 aliphatic carbocycles. The van der Waals surface area contributed by atoms with Gasteiger partial charge in [-0.15, -0.1) is 0 Å². The van der Waals surface area contributed by atoms with E-state index in [0.29, 0.717) is 18.1 Å². The minimum atomic E-state index is 0.352. The molecule has 2 aromatic heterocycles. The Morgan fingerprint density at radius 2 is 1.82 bits per heavy atom. The minimum absolute atomic E-state index is 0.352. The third kappa shape index (κ3) is 3.33. The molecule has 5 nitrogen and oxygen atoms in total. The number of rotatable bonds is 4. The number of ether oxygens (including phenoxy) is 1. The molecule has 5 heteroatoms. The molecule has 0 aliphatic rings. The second-order valence-corrected chi connectivity index (χ2v) is 6.91. The molecule has 0 unspecified atom stereocenters. The summed E-state index contributed by atoms with van der Waals surface area (Å²) in [7, 11) is 0. The van der Waals surface area contributed by atoms with Crippen LogP contribution in [0.25, 0.3) is 16.7 Å². The molecule has 2 aromatic carbocycles. The van der Waals surface area contributed by atoms with Gasteiger partial charge in [0.25, 0.3) is 0 Å². The fraction of sp³-hybridized carbons (Fsp3) is 0.174. The monoisotopic (exact) mass is 368 g/mol. The molecule has 0 saturated carbocycles. The van der Waals surface area contributed by atoms with E-state index in [1.54, 1.807) is 6.07 Å². The summed E-state index contributed by atoms with van der Waals surface area (Å²) >= 11 is 0. The summed E-state index contributed by atoms with van der Waals surface area (Å²) in [6.45, 7) is 6.45. The molecule has 0 amide bonds. The second-order valence-electron chi connectivity index (χ2n) is 6.91. The average molecular weight is 368 g/mol. The lowest BCUT2D eigenvalue weighted by molar-refractivity contribution is 0.294. The van der Waals surface area contributed by atoms with Crippen LogP contribution in [-0.2, 0) is 6.61 Å². The molecule has 2 heterocycles. The van der Waals surface area contributed by atoms with E-state index in [9.17, 15) is 0 Å². The van der Waals surface area contributed by atoms with E-state index in [-0.39, 0.29) is 0 Å². The molecule has 0 radical (unpaired) electrons. The topological polar surface area (TPSA) is 63.7 Å². The molecular formula is C23H20N4O. The maximum Gasteiger partial charge on any atom is 0.215 e. The van der Waals surface area contributed by atoms with Crippen molar-refractivity contribution in [2.24, 2.45) is 0 Å². The molecule has 0 aliphatic heterocycles. The van der Waals surface area contributed by atoms with E-state index in [1.807, 2.05) is 54.9 Å². The first-order chi connectivity index (χ1) is 13.5. The van der Waals surface area contributed by atoms with Crippen molar-refractivity contribution in [1.29, 1.82) is 5.26 Å². The summed E-state index contributed by atoms with van der Waals surface area (Å²) in [5.74, 6) is 0.542. The van der Waals surface area contributed by atoms with Crippen LogP contribution in [0.5, 0.6) is 5.88 Å². The summed E-state index contributed by atoms with van der Waals surface area (Å²) in [5.41, 5.74) is 6.51. The Hall–Kier alpha value is -3.65. The first-order valence-electron chi connectivity index (χ1n) is 9.11. The predicted molar refractivity (Wildman–Crippen MR) is 109 cm³/mol. The SMILES string of the molecule is Cc1ccc(-n2nc(C)c3c(C)cc(OCc4cccc(C#N)c4)nc32)cc1. The lowest BCUT2D eigenvalue weighted by atomic mass is 10.1. The molecule has 4 rings (SSSR count). The summed E-state index contributed by atoms with van der Waals surface area (Å²) in [6, 6.07) is 19.7. The Balaban J connectivity index is 1.71. The Bertz CT molecular complexity index is 1200. The van der Waals surface area contributed by atoms with E-state index >= 15 is 0 Å². The van der Waals surface area contributed by atoms with Crippen LogP contribution in [0.2, 0.25) is 0 Å². The van der Waals surface area contributed by atoms with E-state index in [0.717, 1.165) is 33.5 Å². The smallest absolute Gasteiger partial charge is 0.215 e. The molecule has 0 atom stereocenters. The van der Waals surface area contributed by atoms with Crippen molar-refractivity contribution in [2.75, 3.05) is 0 Å². The highest BCUT2D eigenvalue weighted by Crippen LogP contribution is 2.27. The molecule has 0 saturated heterocycles. The number of nitriles is 1. The zero-order valence-corrected chi connectivity index (χ0v) is 16.1. The van der Waals surface area contributed by atoms with Crippen molar-refractivity contribution < 1.29 is 4.74 Å². The number of hydrogen-bond acceptors (Lipinski definition) is 4. The zero-order valence-electron chi connectivity index (χ0n) is 16.1. The predicted octanol–water partition coefficient (Wildman–Crippen LogP) is 4.80. The van der Waals surface area contributed by atoms with Gasteiger partial charge >= 0.3 is 0 Å². The van der Waals surface area contributed by atoms with Gasteiger partial charge in [0.15, 0.2) is 5.65 Å². The lowest BCUT2D eigenvalue weighted by Crippen LogP contribution is -2.01. The van der Waals surface area contributed by atoms with Gasteiger partial charge in [0, 0.05) is 11.5 Å². The maximum absolute atomic E-state index is 9.05. The molecule has 0 bridgehead atoms. The Kier molecular flexibility index (Phi) is 4.54. The van der Waals surface area contributed by atoms with E-state index in [2.05, 4.69) is 25.1 Å². The van der Waals surface area contributed by atoms with Gasteiger partial charge < -0.3 is 4.74 Å². The van der Waals surface area contributed by atoms with Gasteiger partial charge in [0.1, 0.15) is 6.61 Å². The number of pyridine rings is 1. The molecule has 0 spiro atoms. The third-order valence-corrected chi connectivity index (χ3v) is 4.71. The highest BCUT2D eigenvalue weighted by molar-refractivity contribution is 5.84. The molecule has 28 heavy (non-hydrogen) atoms. The quantitative estimate of drug-likeness (QED) is 0.519. The van der Waals surface area contributed by atoms with E-state index < -0.39 is 0 Å². The van der Waals surface area contributed by atoms with E-state index in [4.69, 9.17) is 20.1 Å². The highest BCUT2D eigenvalue weighted by Gasteiger charge is 2.15. The van der Waals surface area contributed by atoms with Crippen LogP contribution in [0.1, 0.15) is 27.9 Å². The lowest BCUT2D eigenvalue weighted by Gasteiger charge is -2.09. The summed E-state index contributed by atoms with van der Waals surface area (Å²) < 4.78 is 7.80. The minimum Gasteiger partial charge on any atom is -0.473 e. The van der Waals surface area contributed by atoms with Crippen LogP contribution in [-0.4, -0.2) is 14.8 Å². The number of aromatic nitrogens is 3. The van der Waals surface area contributed by atoms with Crippen LogP contribution >= 0.6 is 0 Å². The van der Waals surface area contributed by atoms with Crippen LogP contribution in [0.3, 0.4) is 0 Å². The first-order valence-corrected chi connectivity index (χ1v) is 9.11. The largest absolute Gasteiger partial charge is 0.473 e. The van der Waals surface area contributed by atoms with Crippen LogP contribution < -0.4 is 4.74 Å². The summed E-state index contributed by atoms with van der Waals surface area (Å²) in [5, 5.41) is 14.8. The number of hydrogen-bond donors (Lipinski definition) is 0. The second kappa shape index (κ2) is 7.16. The van der Waals surface area contributed by atoms with Gasteiger partial charge in [0.05, 0.1) is 23.0 Å². The van der Waals surface area contributed by atoms with Crippen molar-refractivity contribution in [3.63, 3.8) is 0 Å². The fourth-order valence-electron chi connectivity index (χ4n) is 3.30. The first kappa shape index (κ1) is 17.7. The third-order valence-electron chi connectivity index (χ3n) is 4.71. The standard InChI is InChI=1S/C23H20N4O/c1-15-7-9-20(10-8-15)27-23-22(17(3)26-27)16(2)11-21(25-23)28-14-19-6-4-5-18(12-19)13-24/h4-12H,14H2,1-3H3. The van der Waals surface area contributed by atoms with Crippen LogP contribution in [0.15, 0.2) is 54.6 Å². The number of nitrogens with zero attached hydrogens (tertiary/aromatic N) is 4. The van der Waals surface area contributed by atoms with Gasteiger partial charge in [-0.3, -0.25) is 0 Å². The Morgan fingerprint density at radius 1 is 1.04 bits per heavy atom. The van der Waals surface area contributed by atoms with Crippen molar-refractivity contribution in [2.45, 2.75) is 27.4 Å².